The third-order valence-corrected chi connectivity index (χ3v) is 6.58. The second-order valence-corrected chi connectivity index (χ2v) is 8.75. The number of aryl methyl sites for hydroxylation is 1. The molecule has 4 rings (SSSR count). The molecule has 0 spiro atoms. The van der Waals surface area contributed by atoms with Crippen molar-refractivity contribution < 1.29 is 9.47 Å². The molecule has 1 aliphatic rings. The van der Waals surface area contributed by atoms with E-state index in [1.54, 1.807) is 32.0 Å². The number of pyridine rings is 1. The number of rotatable bonds is 6. The monoisotopic (exact) mass is 424 g/mol. The first-order valence-electron chi connectivity index (χ1n) is 10.9. The predicted octanol–water partition coefficient (Wildman–Crippen LogP) is 3.61. The molecule has 0 aliphatic carbocycles. The summed E-state index contributed by atoms with van der Waals surface area (Å²) in [4.78, 5) is 14.9. The zero-order chi connectivity index (χ0) is 22.1. The van der Waals surface area contributed by atoms with Crippen LogP contribution in [0.3, 0.4) is 0 Å². The zero-order valence-corrected chi connectivity index (χ0v) is 19.1. The fraction of sp³-hybridized carbons (Fsp3) is 0.500. The predicted molar refractivity (Wildman–Crippen MR) is 123 cm³/mol. The van der Waals surface area contributed by atoms with Gasteiger partial charge in [0.1, 0.15) is 17.0 Å². The zero-order valence-electron chi connectivity index (χ0n) is 19.1. The maximum atomic E-state index is 12.4. The van der Waals surface area contributed by atoms with E-state index in [0.717, 1.165) is 53.1 Å². The van der Waals surface area contributed by atoms with Crippen LogP contribution in [0.4, 0.5) is 0 Å². The number of H-pyrrole nitrogens is 1. The van der Waals surface area contributed by atoms with Crippen LogP contribution in [0.5, 0.6) is 11.5 Å². The van der Waals surface area contributed by atoms with Crippen molar-refractivity contribution in [2.45, 2.75) is 39.2 Å². The minimum atomic E-state index is -0.0976. The third-order valence-electron chi connectivity index (χ3n) is 6.58. The fourth-order valence-electron chi connectivity index (χ4n) is 4.68. The first-order valence-corrected chi connectivity index (χ1v) is 10.9. The number of nitrogens with one attached hydrogen (secondary N) is 1. The Balaban J connectivity index is 1.70. The molecule has 0 amide bonds. The molecule has 1 N–H and O–H groups in total. The Kier molecular flexibility index (Phi) is 6.05. The Hall–Kier alpha value is -2.80. The highest BCUT2D eigenvalue weighted by Crippen LogP contribution is 2.39. The van der Waals surface area contributed by atoms with Crippen LogP contribution in [-0.4, -0.2) is 53.0 Å². The lowest BCUT2D eigenvalue weighted by atomic mass is 9.88. The average Bonchev–Trinajstić information content (AvgIpc) is 3.27. The van der Waals surface area contributed by atoms with Crippen molar-refractivity contribution in [3.05, 3.63) is 40.4 Å². The topological polar surface area (TPSA) is 72.4 Å². The standard InChI is InChI=1S/C24H32N4O3/c1-15(2)28-8-6-16(7-9-28)10-18-21(30-4)11-17(12-22(18)31-5)20-14-27(3)24(29)23-19(20)13-25-26-23/h11-16H,6-10H2,1-5H3,(H,25,26). The first-order chi connectivity index (χ1) is 14.9. The summed E-state index contributed by atoms with van der Waals surface area (Å²) in [6, 6.07) is 4.70. The molecule has 2 aromatic heterocycles. The molecule has 1 fully saturated rings. The van der Waals surface area contributed by atoms with Gasteiger partial charge < -0.3 is 18.9 Å². The van der Waals surface area contributed by atoms with E-state index in [-0.39, 0.29) is 5.56 Å². The molecule has 31 heavy (non-hydrogen) atoms. The molecular formula is C24H32N4O3. The molecular weight excluding hydrogens is 392 g/mol. The summed E-state index contributed by atoms with van der Waals surface area (Å²) in [6.45, 7) is 6.81. The average molecular weight is 425 g/mol. The van der Waals surface area contributed by atoms with Gasteiger partial charge in [-0.1, -0.05) is 0 Å². The van der Waals surface area contributed by atoms with Gasteiger partial charge in [0.2, 0.25) is 0 Å². The summed E-state index contributed by atoms with van der Waals surface area (Å²) < 4.78 is 13.2. The van der Waals surface area contributed by atoms with Gasteiger partial charge in [0, 0.05) is 35.8 Å². The van der Waals surface area contributed by atoms with E-state index in [0.29, 0.717) is 17.5 Å². The molecule has 3 heterocycles. The molecule has 0 radical (unpaired) electrons. The van der Waals surface area contributed by atoms with Crippen molar-refractivity contribution in [1.82, 2.24) is 19.7 Å². The van der Waals surface area contributed by atoms with Gasteiger partial charge in [0.25, 0.3) is 5.56 Å². The van der Waals surface area contributed by atoms with E-state index in [1.165, 1.54) is 12.8 Å². The van der Waals surface area contributed by atoms with Gasteiger partial charge in [-0.15, -0.1) is 0 Å². The maximum Gasteiger partial charge on any atom is 0.276 e. The Morgan fingerprint density at radius 2 is 1.81 bits per heavy atom. The van der Waals surface area contributed by atoms with E-state index in [2.05, 4.69) is 28.9 Å². The highest BCUT2D eigenvalue weighted by atomic mass is 16.5. The van der Waals surface area contributed by atoms with Gasteiger partial charge in [0.15, 0.2) is 0 Å². The molecule has 7 nitrogen and oxygen atoms in total. The largest absolute Gasteiger partial charge is 0.496 e. The second-order valence-electron chi connectivity index (χ2n) is 8.75. The van der Waals surface area contributed by atoms with Crippen LogP contribution in [0.15, 0.2) is 29.3 Å². The maximum absolute atomic E-state index is 12.4. The summed E-state index contributed by atoms with van der Waals surface area (Å²) in [5.41, 5.74) is 3.37. The molecule has 1 saturated heterocycles. The number of methoxy groups -OCH3 is 2. The van der Waals surface area contributed by atoms with Crippen molar-refractivity contribution in [3.8, 4) is 22.6 Å². The number of hydrogen-bond donors (Lipinski definition) is 1. The lowest BCUT2D eigenvalue weighted by Gasteiger charge is -2.35. The molecule has 0 unspecified atom stereocenters. The van der Waals surface area contributed by atoms with Crippen molar-refractivity contribution in [2.75, 3.05) is 27.3 Å². The minimum Gasteiger partial charge on any atom is -0.496 e. The van der Waals surface area contributed by atoms with E-state index >= 15 is 0 Å². The number of hydrogen-bond acceptors (Lipinski definition) is 5. The Bertz CT molecular complexity index is 1100. The lowest BCUT2D eigenvalue weighted by Crippen LogP contribution is -2.38. The van der Waals surface area contributed by atoms with E-state index in [4.69, 9.17) is 9.47 Å². The number of fused-ring (bicyclic) bond motifs is 1. The number of likely N-dealkylation sites (tertiary alicyclic amines) is 1. The fourth-order valence-corrected chi connectivity index (χ4v) is 4.68. The number of benzene rings is 1. The van der Waals surface area contributed by atoms with Crippen LogP contribution in [0.1, 0.15) is 32.3 Å². The number of aromatic nitrogens is 3. The van der Waals surface area contributed by atoms with Crippen LogP contribution in [0.2, 0.25) is 0 Å². The van der Waals surface area contributed by atoms with E-state index in [9.17, 15) is 4.79 Å². The number of nitrogens with zero attached hydrogens (tertiary/aromatic N) is 3. The molecule has 1 aliphatic heterocycles. The Morgan fingerprint density at radius 3 is 2.39 bits per heavy atom. The highest BCUT2D eigenvalue weighted by molar-refractivity contribution is 5.94. The quantitative estimate of drug-likeness (QED) is 0.655. The smallest absolute Gasteiger partial charge is 0.276 e. The van der Waals surface area contributed by atoms with Crippen LogP contribution in [0.25, 0.3) is 22.0 Å². The first kappa shape index (κ1) is 21.4. The van der Waals surface area contributed by atoms with Gasteiger partial charge in [-0.05, 0) is 69.8 Å². The Morgan fingerprint density at radius 1 is 1.16 bits per heavy atom. The molecule has 0 bridgehead atoms. The molecule has 3 aromatic rings. The van der Waals surface area contributed by atoms with Crippen LogP contribution >= 0.6 is 0 Å². The minimum absolute atomic E-state index is 0.0976. The summed E-state index contributed by atoms with van der Waals surface area (Å²) in [5.74, 6) is 2.26. The molecule has 1 aromatic carbocycles. The second kappa shape index (κ2) is 8.75. The van der Waals surface area contributed by atoms with Crippen molar-refractivity contribution in [3.63, 3.8) is 0 Å². The van der Waals surface area contributed by atoms with E-state index < -0.39 is 0 Å². The SMILES string of the molecule is COc1cc(-c2cn(C)c(=O)c3[nH]ncc23)cc(OC)c1CC1CCN(C(C)C)CC1. The summed E-state index contributed by atoms with van der Waals surface area (Å²) in [6.07, 6.45) is 6.84. The van der Waals surface area contributed by atoms with Crippen molar-refractivity contribution >= 4 is 10.9 Å². The van der Waals surface area contributed by atoms with Gasteiger partial charge >= 0.3 is 0 Å². The van der Waals surface area contributed by atoms with Crippen LogP contribution in [-0.2, 0) is 13.5 Å². The molecule has 0 atom stereocenters. The van der Waals surface area contributed by atoms with E-state index in [1.807, 2.05) is 18.3 Å². The van der Waals surface area contributed by atoms with Crippen molar-refractivity contribution in [2.24, 2.45) is 13.0 Å². The van der Waals surface area contributed by atoms with Gasteiger partial charge in [-0.25, -0.2) is 0 Å². The Labute approximate surface area is 183 Å². The summed E-state index contributed by atoms with van der Waals surface area (Å²) in [5, 5.41) is 7.70. The number of piperidine rings is 1. The van der Waals surface area contributed by atoms with Crippen LogP contribution in [0, 0.1) is 5.92 Å². The lowest BCUT2D eigenvalue weighted by molar-refractivity contribution is 0.148. The van der Waals surface area contributed by atoms with Gasteiger partial charge in [0.05, 0.1) is 20.4 Å². The van der Waals surface area contributed by atoms with Crippen molar-refractivity contribution in [1.29, 1.82) is 0 Å². The van der Waals surface area contributed by atoms with Crippen LogP contribution < -0.4 is 15.0 Å². The van der Waals surface area contributed by atoms with Gasteiger partial charge in [-0.2, -0.15) is 5.10 Å². The number of aromatic amines is 1. The van der Waals surface area contributed by atoms with Gasteiger partial charge in [-0.3, -0.25) is 9.89 Å². The summed E-state index contributed by atoms with van der Waals surface area (Å²) in [7, 11) is 5.16. The normalized spacial score (nSPS) is 15.7. The molecule has 7 heteroatoms. The number of ether oxygens (including phenoxy) is 2. The highest BCUT2D eigenvalue weighted by Gasteiger charge is 2.24. The molecule has 166 valence electrons. The molecule has 0 saturated carbocycles. The third kappa shape index (κ3) is 4.06. The summed E-state index contributed by atoms with van der Waals surface area (Å²) >= 11 is 0.